The first-order valence-electron chi connectivity index (χ1n) is 9.47. The summed E-state index contributed by atoms with van der Waals surface area (Å²) in [5.41, 5.74) is 0. The summed E-state index contributed by atoms with van der Waals surface area (Å²) >= 11 is 2.80. The standard InChI is InChI=1S/C18H23N5O3S2/c24-15(22-5-1-2-6-22)12-21-7-9-23(10-8-21)16(25)13-28-18-20-19-17(26-18)14-4-3-11-27-14/h3-4,11H,1-2,5-10,12-13H2. The molecule has 2 amide bonds. The second-order valence-electron chi connectivity index (χ2n) is 6.88. The van der Waals surface area contributed by atoms with E-state index in [4.69, 9.17) is 4.42 Å². The Morgan fingerprint density at radius 3 is 2.50 bits per heavy atom. The van der Waals surface area contributed by atoms with Crippen LogP contribution in [-0.4, -0.2) is 88.3 Å². The molecule has 0 atom stereocenters. The maximum Gasteiger partial charge on any atom is 0.277 e. The number of nitrogens with zero attached hydrogens (tertiary/aromatic N) is 5. The molecule has 10 heteroatoms. The second-order valence-corrected chi connectivity index (χ2v) is 8.76. The van der Waals surface area contributed by atoms with Crippen molar-refractivity contribution in [2.24, 2.45) is 0 Å². The van der Waals surface area contributed by atoms with Crippen molar-refractivity contribution in [2.45, 2.75) is 18.1 Å². The van der Waals surface area contributed by atoms with Gasteiger partial charge in [-0.25, -0.2) is 0 Å². The van der Waals surface area contributed by atoms with E-state index in [0.29, 0.717) is 30.7 Å². The summed E-state index contributed by atoms with van der Waals surface area (Å²) in [5.74, 6) is 1.04. The van der Waals surface area contributed by atoms with Gasteiger partial charge in [0.15, 0.2) is 0 Å². The van der Waals surface area contributed by atoms with Gasteiger partial charge in [-0.05, 0) is 24.3 Å². The molecule has 0 aliphatic carbocycles. The van der Waals surface area contributed by atoms with E-state index in [-0.39, 0.29) is 17.6 Å². The average Bonchev–Trinajstić information content (AvgIpc) is 3.49. The summed E-state index contributed by atoms with van der Waals surface area (Å²) in [7, 11) is 0. The van der Waals surface area contributed by atoms with Gasteiger partial charge in [-0.2, -0.15) is 0 Å². The van der Waals surface area contributed by atoms with Gasteiger partial charge in [0.1, 0.15) is 0 Å². The number of piperazine rings is 1. The Morgan fingerprint density at radius 1 is 1.04 bits per heavy atom. The molecule has 4 heterocycles. The van der Waals surface area contributed by atoms with Crippen LogP contribution in [0.5, 0.6) is 0 Å². The molecule has 2 aromatic heterocycles. The van der Waals surface area contributed by atoms with Crippen LogP contribution in [0.2, 0.25) is 0 Å². The Balaban J connectivity index is 1.19. The molecule has 0 saturated carbocycles. The van der Waals surface area contributed by atoms with E-state index in [1.807, 2.05) is 27.3 Å². The van der Waals surface area contributed by atoms with E-state index < -0.39 is 0 Å². The van der Waals surface area contributed by atoms with Crippen molar-refractivity contribution in [3.05, 3.63) is 17.5 Å². The van der Waals surface area contributed by atoms with Gasteiger partial charge in [0.25, 0.3) is 11.1 Å². The molecule has 2 fully saturated rings. The fourth-order valence-corrected chi connectivity index (χ4v) is 4.71. The van der Waals surface area contributed by atoms with Crippen molar-refractivity contribution in [1.82, 2.24) is 24.9 Å². The average molecular weight is 422 g/mol. The second kappa shape index (κ2) is 9.06. The van der Waals surface area contributed by atoms with Crippen molar-refractivity contribution in [1.29, 1.82) is 0 Å². The minimum Gasteiger partial charge on any atom is -0.410 e. The number of thioether (sulfide) groups is 1. The molecule has 8 nitrogen and oxygen atoms in total. The first kappa shape index (κ1) is 19.4. The molecular formula is C18H23N5O3S2. The van der Waals surface area contributed by atoms with Crippen LogP contribution < -0.4 is 0 Å². The third-order valence-electron chi connectivity index (χ3n) is 5.00. The van der Waals surface area contributed by atoms with Crippen LogP contribution >= 0.6 is 23.1 Å². The zero-order chi connectivity index (χ0) is 19.3. The summed E-state index contributed by atoms with van der Waals surface area (Å²) in [6, 6.07) is 3.85. The van der Waals surface area contributed by atoms with Crippen molar-refractivity contribution in [3.8, 4) is 10.8 Å². The number of carbonyl (C=O) groups excluding carboxylic acids is 2. The van der Waals surface area contributed by atoms with E-state index in [2.05, 4.69) is 15.1 Å². The van der Waals surface area contributed by atoms with Gasteiger partial charge in [0, 0.05) is 39.3 Å². The highest BCUT2D eigenvalue weighted by molar-refractivity contribution is 7.99. The van der Waals surface area contributed by atoms with E-state index in [1.54, 1.807) is 0 Å². The van der Waals surface area contributed by atoms with Crippen LogP contribution in [0.4, 0.5) is 0 Å². The molecule has 4 rings (SSSR count). The maximum absolute atomic E-state index is 12.5. The quantitative estimate of drug-likeness (QED) is 0.656. The molecule has 0 aromatic carbocycles. The normalized spacial score (nSPS) is 18.0. The van der Waals surface area contributed by atoms with Gasteiger partial charge in [-0.1, -0.05) is 17.8 Å². The highest BCUT2D eigenvalue weighted by Gasteiger charge is 2.25. The molecule has 150 valence electrons. The highest BCUT2D eigenvalue weighted by atomic mass is 32.2. The van der Waals surface area contributed by atoms with Crippen molar-refractivity contribution in [3.63, 3.8) is 0 Å². The Labute approximate surface area is 171 Å². The maximum atomic E-state index is 12.5. The molecule has 28 heavy (non-hydrogen) atoms. The number of hydrogen-bond acceptors (Lipinski definition) is 8. The lowest BCUT2D eigenvalue weighted by Crippen LogP contribution is -2.51. The lowest BCUT2D eigenvalue weighted by atomic mass is 10.3. The van der Waals surface area contributed by atoms with Crippen LogP contribution in [-0.2, 0) is 9.59 Å². The molecule has 0 N–H and O–H groups in total. The lowest BCUT2D eigenvalue weighted by molar-refractivity contribution is -0.133. The third kappa shape index (κ3) is 4.73. The number of thiophene rings is 1. The Kier molecular flexibility index (Phi) is 6.28. The van der Waals surface area contributed by atoms with Gasteiger partial charge in [-0.15, -0.1) is 21.5 Å². The van der Waals surface area contributed by atoms with Gasteiger partial charge >= 0.3 is 0 Å². The zero-order valence-corrected chi connectivity index (χ0v) is 17.2. The number of carbonyl (C=O) groups is 2. The lowest BCUT2D eigenvalue weighted by Gasteiger charge is -2.34. The van der Waals surface area contributed by atoms with Crippen molar-refractivity contribution < 1.29 is 14.0 Å². The largest absolute Gasteiger partial charge is 0.410 e. The predicted molar refractivity (Wildman–Crippen MR) is 107 cm³/mol. The number of amides is 2. The van der Waals surface area contributed by atoms with E-state index >= 15 is 0 Å². The molecule has 0 spiro atoms. The van der Waals surface area contributed by atoms with E-state index in [9.17, 15) is 9.59 Å². The van der Waals surface area contributed by atoms with Crippen LogP contribution in [0.1, 0.15) is 12.8 Å². The molecule has 2 aromatic rings. The Morgan fingerprint density at radius 2 is 1.79 bits per heavy atom. The van der Waals surface area contributed by atoms with Gasteiger partial charge in [0.2, 0.25) is 11.8 Å². The number of hydrogen-bond donors (Lipinski definition) is 0. The number of likely N-dealkylation sites (tertiary alicyclic amines) is 1. The number of aromatic nitrogens is 2. The highest BCUT2D eigenvalue weighted by Crippen LogP contribution is 2.26. The van der Waals surface area contributed by atoms with Gasteiger partial charge < -0.3 is 14.2 Å². The molecule has 2 aliphatic heterocycles. The summed E-state index contributed by atoms with van der Waals surface area (Å²) in [6.45, 7) is 5.01. The molecule has 0 unspecified atom stereocenters. The topological polar surface area (TPSA) is 82.8 Å². The van der Waals surface area contributed by atoms with Crippen LogP contribution in [0.25, 0.3) is 10.8 Å². The van der Waals surface area contributed by atoms with Crippen LogP contribution in [0.15, 0.2) is 27.2 Å². The molecular weight excluding hydrogens is 398 g/mol. The number of rotatable bonds is 6. The minimum atomic E-state index is 0.0615. The van der Waals surface area contributed by atoms with Crippen molar-refractivity contribution in [2.75, 3.05) is 51.6 Å². The van der Waals surface area contributed by atoms with Gasteiger partial charge in [0.05, 0.1) is 17.2 Å². The summed E-state index contributed by atoms with van der Waals surface area (Å²) in [4.78, 5) is 31.6. The molecule has 0 radical (unpaired) electrons. The zero-order valence-electron chi connectivity index (χ0n) is 15.6. The fourth-order valence-electron chi connectivity index (χ4n) is 3.40. The fraction of sp³-hybridized carbons (Fsp3) is 0.556. The minimum absolute atomic E-state index is 0.0615. The van der Waals surface area contributed by atoms with Crippen LogP contribution in [0.3, 0.4) is 0 Å². The summed E-state index contributed by atoms with van der Waals surface area (Å²) < 4.78 is 5.61. The monoisotopic (exact) mass is 421 g/mol. The predicted octanol–water partition coefficient (Wildman–Crippen LogP) is 1.66. The van der Waals surface area contributed by atoms with E-state index in [0.717, 1.165) is 43.9 Å². The summed E-state index contributed by atoms with van der Waals surface area (Å²) in [5, 5.41) is 10.4. The first-order chi connectivity index (χ1) is 13.7. The summed E-state index contributed by atoms with van der Waals surface area (Å²) in [6.07, 6.45) is 2.22. The smallest absolute Gasteiger partial charge is 0.277 e. The SMILES string of the molecule is O=C(CSc1nnc(-c2cccs2)o1)N1CCN(CC(=O)N2CCCC2)CC1. The third-order valence-corrected chi connectivity index (χ3v) is 6.66. The molecule has 0 bridgehead atoms. The first-order valence-corrected chi connectivity index (χ1v) is 11.3. The molecule has 2 aliphatic rings. The van der Waals surface area contributed by atoms with Crippen LogP contribution in [0, 0.1) is 0 Å². The molecule has 2 saturated heterocycles. The van der Waals surface area contributed by atoms with Gasteiger partial charge in [-0.3, -0.25) is 14.5 Å². The Hall–Kier alpha value is -1.91. The van der Waals surface area contributed by atoms with E-state index in [1.165, 1.54) is 23.1 Å². The Bertz CT molecular complexity index is 796. The van der Waals surface area contributed by atoms with Crippen molar-refractivity contribution >= 4 is 34.9 Å².